The monoisotopic (exact) mass is 1290 g/mol. The first-order valence-corrected chi connectivity index (χ1v) is 42.6. The molecule has 3 N–H and O–H groups in total. The molecule has 0 heterocycles. The minimum atomic E-state index is -0.662. The molecule has 2 unspecified atom stereocenters. The Hall–Kier alpha value is -1.66. The molecule has 1 amide bonds. The van der Waals surface area contributed by atoms with Crippen molar-refractivity contribution in [1.29, 1.82) is 0 Å². The molecule has 0 aliphatic carbocycles. The van der Waals surface area contributed by atoms with Crippen LogP contribution in [0.3, 0.4) is 0 Å². The third kappa shape index (κ3) is 77.3. The van der Waals surface area contributed by atoms with Gasteiger partial charge in [-0.25, -0.2) is 0 Å². The molecule has 0 aliphatic heterocycles. The fourth-order valence-electron chi connectivity index (χ4n) is 13.8. The molecule has 0 bridgehead atoms. The van der Waals surface area contributed by atoms with E-state index in [0.29, 0.717) is 25.9 Å². The van der Waals surface area contributed by atoms with E-state index >= 15 is 0 Å². The summed E-state index contributed by atoms with van der Waals surface area (Å²) in [6, 6.07) is -0.538. The number of ether oxygens (including phenoxy) is 1. The predicted molar refractivity (Wildman–Crippen MR) is 407 cm³/mol. The predicted octanol–water partition coefficient (Wildman–Crippen LogP) is 28.4. The number of aliphatic hydroxyl groups is 2. The largest absolute Gasteiger partial charge is 0.466 e. The molecule has 0 saturated heterocycles. The summed E-state index contributed by atoms with van der Waals surface area (Å²) in [4.78, 5) is 24.7. The van der Waals surface area contributed by atoms with Crippen LogP contribution in [0.4, 0.5) is 0 Å². The van der Waals surface area contributed by atoms with Crippen molar-refractivity contribution in [3.05, 3.63) is 24.3 Å². The Bertz CT molecular complexity index is 1450. The zero-order valence-corrected chi connectivity index (χ0v) is 62.8. The average Bonchev–Trinajstić information content (AvgIpc) is 3.66. The van der Waals surface area contributed by atoms with E-state index in [-0.39, 0.29) is 18.5 Å². The van der Waals surface area contributed by atoms with Crippen molar-refractivity contribution < 1.29 is 24.5 Å². The number of unbranched alkanes of at least 4 members (excludes halogenated alkanes) is 66. The maximum atomic E-state index is 12.6. The van der Waals surface area contributed by atoms with Crippen molar-refractivity contribution in [2.75, 3.05) is 13.2 Å². The van der Waals surface area contributed by atoms with Gasteiger partial charge in [-0.15, -0.1) is 0 Å². The summed E-state index contributed by atoms with van der Waals surface area (Å²) in [5.74, 6) is -0.0133. The van der Waals surface area contributed by atoms with E-state index in [9.17, 15) is 19.8 Å². The summed E-state index contributed by atoms with van der Waals surface area (Å²) in [6.07, 6.45) is 106. The first kappa shape index (κ1) is 90.3. The topological polar surface area (TPSA) is 95.9 Å². The summed E-state index contributed by atoms with van der Waals surface area (Å²) in [6.45, 7) is 4.97. The van der Waals surface area contributed by atoms with Crippen LogP contribution in [0.5, 0.6) is 0 Å². The van der Waals surface area contributed by atoms with Crippen molar-refractivity contribution in [2.45, 2.75) is 501 Å². The van der Waals surface area contributed by atoms with E-state index in [1.165, 1.54) is 405 Å². The number of amides is 1. The third-order valence-electron chi connectivity index (χ3n) is 20.3. The molecule has 0 aliphatic rings. The Labute approximate surface area is 577 Å². The molecule has 92 heavy (non-hydrogen) atoms. The Kier molecular flexibility index (Phi) is 80.3. The molecule has 0 radical (unpaired) electrons. The number of esters is 1. The van der Waals surface area contributed by atoms with Crippen LogP contribution in [-0.4, -0.2) is 47.4 Å². The van der Waals surface area contributed by atoms with Gasteiger partial charge >= 0.3 is 5.97 Å². The number of hydrogen-bond donors (Lipinski definition) is 3. The van der Waals surface area contributed by atoms with E-state index in [4.69, 9.17) is 4.74 Å². The Morgan fingerprint density at radius 1 is 0.304 bits per heavy atom. The van der Waals surface area contributed by atoms with Gasteiger partial charge < -0.3 is 20.3 Å². The number of carbonyl (C=O) groups is 2. The zero-order chi connectivity index (χ0) is 66.3. The van der Waals surface area contributed by atoms with Crippen molar-refractivity contribution in [1.82, 2.24) is 5.32 Å². The first-order valence-electron chi connectivity index (χ1n) is 42.6. The van der Waals surface area contributed by atoms with E-state index in [2.05, 4.69) is 43.5 Å². The van der Waals surface area contributed by atoms with Crippen LogP contribution in [0.1, 0.15) is 489 Å². The van der Waals surface area contributed by atoms with Gasteiger partial charge in [0.05, 0.1) is 25.4 Å². The van der Waals surface area contributed by atoms with E-state index in [1.807, 2.05) is 0 Å². The summed E-state index contributed by atoms with van der Waals surface area (Å²) < 4.78 is 5.49. The van der Waals surface area contributed by atoms with Gasteiger partial charge in [0, 0.05) is 12.8 Å². The van der Waals surface area contributed by atoms with Gasteiger partial charge in [0.15, 0.2) is 0 Å². The lowest BCUT2D eigenvalue weighted by molar-refractivity contribution is -0.143. The smallest absolute Gasteiger partial charge is 0.305 e. The molecule has 0 aromatic heterocycles. The minimum absolute atomic E-state index is 0.00966. The van der Waals surface area contributed by atoms with Gasteiger partial charge in [-0.2, -0.15) is 0 Å². The van der Waals surface area contributed by atoms with Crippen LogP contribution in [0.15, 0.2) is 24.3 Å². The second-order valence-electron chi connectivity index (χ2n) is 29.5. The molecule has 546 valence electrons. The van der Waals surface area contributed by atoms with Gasteiger partial charge in [-0.1, -0.05) is 449 Å². The van der Waals surface area contributed by atoms with Gasteiger partial charge in [-0.05, 0) is 51.4 Å². The second-order valence-corrected chi connectivity index (χ2v) is 29.5. The summed E-state index contributed by atoms with van der Waals surface area (Å²) in [5, 5.41) is 23.5. The number of rotatable bonds is 81. The minimum Gasteiger partial charge on any atom is -0.466 e. The van der Waals surface area contributed by atoms with Crippen LogP contribution in [-0.2, 0) is 14.3 Å². The normalized spacial score (nSPS) is 12.5. The number of allylic oxidation sites excluding steroid dienone is 4. The van der Waals surface area contributed by atoms with E-state index in [1.54, 1.807) is 0 Å². The summed E-state index contributed by atoms with van der Waals surface area (Å²) in [7, 11) is 0. The lowest BCUT2D eigenvalue weighted by Crippen LogP contribution is -2.45. The third-order valence-corrected chi connectivity index (χ3v) is 20.3. The van der Waals surface area contributed by atoms with Crippen LogP contribution in [0.25, 0.3) is 0 Å². The molecule has 0 aromatic carbocycles. The van der Waals surface area contributed by atoms with Crippen molar-refractivity contribution in [3.8, 4) is 0 Å². The standard InChI is InChI=1S/C86H167NO5/c1-3-5-7-9-11-13-15-17-19-20-21-22-23-39-42-45-48-51-54-58-62-66-70-74-78-84(89)83(82-88)87-85(90)79-75-71-67-63-59-55-52-49-46-43-40-37-35-33-31-29-27-25-24-26-28-30-32-34-36-38-41-44-47-50-53-57-61-65-69-73-77-81-92-86(91)80-76-72-68-64-60-56-18-16-14-12-10-8-6-4-2/h10,12,16,18,83-84,88-89H,3-9,11,13-15,17,19-82H2,1-2H3,(H,87,90)/b12-10-,18-16-. The highest BCUT2D eigenvalue weighted by molar-refractivity contribution is 5.76. The van der Waals surface area contributed by atoms with Crippen molar-refractivity contribution in [3.63, 3.8) is 0 Å². The molecule has 0 fully saturated rings. The summed E-state index contributed by atoms with van der Waals surface area (Å²) in [5.41, 5.74) is 0. The van der Waals surface area contributed by atoms with Crippen LogP contribution in [0, 0.1) is 0 Å². The molecule has 0 rings (SSSR count). The van der Waals surface area contributed by atoms with Crippen LogP contribution < -0.4 is 5.32 Å². The Balaban J connectivity index is 3.31. The molecule has 6 nitrogen and oxygen atoms in total. The van der Waals surface area contributed by atoms with E-state index in [0.717, 1.165) is 51.4 Å². The molecular weight excluding hydrogens is 1130 g/mol. The second kappa shape index (κ2) is 81.8. The van der Waals surface area contributed by atoms with Gasteiger partial charge in [-0.3, -0.25) is 9.59 Å². The fourth-order valence-corrected chi connectivity index (χ4v) is 13.8. The first-order chi connectivity index (χ1) is 45.5. The molecule has 0 saturated carbocycles. The number of nitrogens with one attached hydrogen (secondary N) is 1. The van der Waals surface area contributed by atoms with Crippen LogP contribution in [0.2, 0.25) is 0 Å². The maximum Gasteiger partial charge on any atom is 0.305 e. The molecule has 0 aromatic rings. The zero-order valence-electron chi connectivity index (χ0n) is 62.8. The highest BCUT2D eigenvalue weighted by Gasteiger charge is 2.20. The van der Waals surface area contributed by atoms with Gasteiger partial charge in [0.2, 0.25) is 5.91 Å². The van der Waals surface area contributed by atoms with Gasteiger partial charge in [0.25, 0.3) is 0 Å². The molecular formula is C86H167NO5. The highest BCUT2D eigenvalue weighted by Crippen LogP contribution is 2.21. The maximum absolute atomic E-state index is 12.6. The van der Waals surface area contributed by atoms with E-state index < -0.39 is 12.1 Å². The molecule has 2 atom stereocenters. The van der Waals surface area contributed by atoms with Crippen molar-refractivity contribution >= 4 is 11.9 Å². The SMILES string of the molecule is CCCC/C=C\C/C=C\CCCCCCCC(=O)OCCCCCCCCCCCCCCCCCCCCCCCCCCCCCCCCCCCCCCCC(=O)NC(CO)C(O)CCCCCCCCCCCCCCCCCCCCCCCCCC. The lowest BCUT2D eigenvalue weighted by atomic mass is 10.0. The quantitative estimate of drug-likeness (QED) is 0.0320. The van der Waals surface area contributed by atoms with Crippen molar-refractivity contribution in [2.24, 2.45) is 0 Å². The highest BCUT2D eigenvalue weighted by atomic mass is 16.5. The fraction of sp³-hybridized carbons (Fsp3) is 0.930. The Morgan fingerprint density at radius 3 is 0.859 bits per heavy atom. The average molecular weight is 1300 g/mol. The van der Waals surface area contributed by atoms with Gasteiger partial charge in [0.1, 0.15) is 0 Å². The lowest BCUT2D eigenvalue weighted by Gasteiger charge is -2.22. The number of hydrogen-bond acceptors (Lipinski definition) is 5. The molecule has 6 heteroatoms. The number of aliphatic hydroxyl groups excluding tert-OH is 2. The summed E-state index contributed by atoms with van der Waals surface area (Å²) >= 11 is 0. The van der Waals surface area contributed by atoms with Crippen LogP contribution >= 0.6 is 0 Å². The Morgan fingerprint density at radius 2 is 0.554 bits per heavy atom. The number of carbonyl (C=O) groups excluding carboxylic acids is 2. The molecule has 0 spiro atoms.